The Hall–Kier alpha value is -2.88. The predicted octanol–water partition coefficient (Wildman–Crippen LogP) is -1.42. The molecule has 0 aliphatic carbocycles. The number of rotatable bonds is 10. The minimum absolute atomic E-state index is 0.114. The van der Waals surface area contributed by atoms with Crippen LogP contribution in [0.5, 0.6) is 0 Å². The molecule has 0 saturated carbocycles. The van der Waals surface area contributed by atoms with Gasteiger partial charge in [0.15, 0.2) is 23.6 Å². The van der Waals surface area contributed by atoms with Crippen molar-refractivity contribution >= 4 is 55.8 Å². The number of imidazole rings is 1. The zero-order chi connectivity index (χ0) is 32.2. The molecule has 244 valence electrons. The zero-order valence-corrected chi connectivity index (χ0v) is 25.1. The van der Waals surface area contributed by atoms with Crippen molar-refractivity contribution in [2.24, 2.45) is 0 Å². The third-order valence-corrected chi connectivity index (χ3v) is 8.92. The Morgan fingerprint density at radius 1 is 1.11 bits per heavy atom. The van der Waals surface area contributed by atoms with Crippen LogP contribution in [-0.4, -0.2) is 109 Å². The maximum atomic E-state index is 13.2. The highest BCUT2D eigenvalue weighted by Crippen LogP contribution is 2.50. The lowest BCUT2D eigenvalue weighted by molar-refractivity contribution is -0.0607. The number of hydrogen-bond acceptors (Lipinski definition) is 16. The number of fused-ring (bicyclic) bond motifs is 2. The molecular weight excluding hydrogens is 670 g/mol. The number of phosphoric acid groups is 1. The van der Waals surface area contributed by atoms with Crippen molar-refractivity contribution < 1.29 is 57.3 Å². The molecule has 45 heavy (non-hydrogen) atoms. The van der Waals surface area contributed by atoms with Crippen molar-refractivity contribution in [1.29, 1.82) is 0 Å². The van der Waals surface area contributed by atoms with Gasteiger partial charge in [-0.05, 0) is 6.07 Å². The normalized spacial score (nSPS) is 30.7. The maximum absolute atomic E-state index is 13.2. The maximum Gasteiger partial charge on any atom is 0.472 e. The number of aliphatic hydroxyl groups is 3. The lowest BCUT2D eigenvalue weighted by Crippen LogP contribution is -2.36. The molecule has 21 nitrogen and oxygen atoms in total. The summed E-state index contributed by atoms with van der Waals surface area (Å²) in [6.45, 7) is -1.55. The van der Waals surface area contributed by atoms with E-state index in [2.05, 4.69) is 24.9 Å². The van der Waals surface area contributed by atoms with E-state index in [1.807, 2.05) is 0 Å². The summed E-state index contributed by atoms with van der Waals surface area (Å²) in [4.78, 5) is 50.5. The van der Waals surface area contributed by atoms with Crippen LogP contribution in [0.4, 0.5) is 5.95 Å². The Bertz CT molecular complexity index is 1860. The third-order valence-electron chi connectivity index (χ3n) is 7.16. The lowest BCUT2D eigenvalue weighted by atomic mass is 10.1. The van der Waals surface area contributed by atoms with E-state index in [0.717, 1.165) is 10.9 Å². The zero-order valence-electron chi connectivity index (χ0n) is 22.4. The minimum Gasteiger partial charge on any atom is -0.394 e. The van der Waals surface area contributed by atoms with Crippen LogP contribution >= 0.6 is 27.7 Å². The summed E-state index contributed by atoms with van der Waals surface area (Å²) in [7, 11) is -8.81. The molecule has 0 aromatic carbocycles. The largest absolute Gasteiger partial charge is 0.472 e. The van der Waals surface area contributed by atoms with Gasteiger partial charge in [-0.15, -0.1) is 0 Å². The van der Waals surface area contributed by atoms with E-state index in [1.54, 1.807) is 6.07 Å². The number of H-pyrrole nitrogens is 1. The molecule has 0 bridgehead atoms. The van der Waals surface area contributed by atoms with Crippen molar-refractivity contribution in [2.45, 2.75) is 49.1 Å². The second kappa shape index (κ2) is 12.4. The van der Waals surface area contributed by atoms with Crippen molar-refractivity contribution in [1.82, 2.24) is 34.1 Å². The summed E-state index contributed by atoms with van der Waals surface area (Å²) < 4.78 is 54.0. The van der Waals surface area contributed by atoms with E-state index in [0.29, 0.717) is 5.39 Å². The summed E-state index contributed by atoms with van der Waals surface area (Å²) >= 11 is 6.10. The molecule has 2 saturated heterocycles. The number of nitrogen functional groups attached to an aromatic ring is 1. The van der Waals surface area contributed by atoms with Crippen LogP contribution in [0.25, 0.3) is 22.2 Å². The third kappa shape index (κ3) is 6.03. The molecule has 8 N–H and O–H groups in total. The van der Waals surface area contributed by atoms with Crippen LogP contribution < -0.4 is 11.3 Å². The topological polar surface area (TPSA) is 302 Å². The smallest absolute Gasteiger partial charge is 0.394 e. The molecule has 0 amide bonds. The summed E-state index contributed by atoms with van der Waals surface area (Å²) in [5, 5.41) is 31.9. The van der Waals surface area contributed by atoms with Gasteiger partial charge in [0.25, 0.3) is 5.56 Å². The van der Waals surface area contributed by atoms with Crippen molar-refractivity contribution in [3.05, 3.63) is 40.4 Å². The second-order valence-corrected chi connectivity index (χ2v) is 12.4. The fourth-order valence-corrected chi connectivity index (χ4v) is 6.83. The number of halogens is 1. The van der Waals surface area contributed by atoms with Gasteiger partial charge < -0.3 is 49.4 Å². The average Bonchev–Trinajstić information content (AvgIpc) is 3.73. The van der Waals surface area contributed by atoms with Gasteiger partial charge in [-0.1, -0.05) is 11.6 Å². The number of aliphatic hydroxyl groups excluding tert-OH is 3. The van der Waals surface area contributed by atoms with Gasteiger partial charge >= 0.3 is 16.1 Å². The average molecular weight is 695 g/mol. The first-order chi connectivity index (χ1) is 21.4. The van der Waals surface area contributed by atoms with E-state index in [9.17, 15) is 39.0 Å². The molecule has 2 fully saturated rings. The van der Waals surface area contributed by atoms with Crippen molar-refractivity contribution in [3.8, 4) is 0 Å². The van der Waals surface area contributed by atoms with E-state index < -0.39 is 83.9 Å². The Morgan fingerprint density at radius 3 is 2.60 bits per heavy atom. The van der Waals surface area contributed by atoms with Crippen LogP contribution in [0.1, 0.15) is 12.5 Å². The molecule has 24 heteroatoms. The Morgan fingerprint density at radius 2 is 1.87 bits per heavy atom. The molecule has 2 aliphatic heterocycles. The number of ether oxygens (including phenoxy) is 2. The van der Waals surface area contributed by atoms with E-state index >= 15 is 0 Å². The van der Waals surface area contributed by atoms with Crippen LogP contribution in [0.2, 0.25) is 5.15 Å². The van der Waals surface area contributed by atoms with Crippen LogP contribution in [0.3, 0.4) is 0 Å². The quantitative estimate of drug-likeness (QED) is 0.0739. The summed E-state index contributed by atoms with van der Waals surface area (Å²) in [6, 6.07) is 1.55. The summed E-state index contributed by atoms with van der Waals surface area (Å²) in [5.41, 5.74) is 4.91. The van der Waals surface area contributed by atoms with Crippen molar-refractivity contribution in [3.63, 3.8) is 0 Å². The standard InChI is InChI=1S/C21H25ClN8O13P2/c22-15-7-1-2-29(16(7)25-5-24-15)19-12(33)13(42-44(35)36)9(41-19)4-39-45(37,38)43-14-11(32)8(3-31)40-20(14)30-6-26-10-17(30)27-21(23)28-18(10)34/h1-2,5-6,8-9,11-14,19-20,31-33,44H,3-4H2,(H,35,36)(H,37,38)(H3,23,27,28,34)/t8-,9-,11-,12-,13-,14-,19-,20-/m1/s1. The monoisotopic (exact) mass is 694 g/mol. The Balaban J connectivity index is 1.22. The molecule has 4 aromatic rings. The summed E-state index contributed by atoms with van der Waals surface area (Å²) in [6.07, 6.45) is -8.22. The number of hydrogen-bond donors (Lipinski definition) is 7. The number of aromatic amines is 1. The van der Waals surface area contributed by atoms with Gasteiger partial charge in [-0.2, -0.15) is 4.98 Å². The number of nitrogens with zero attached hydrogens (tertiary/aromatic N) is 6. The SMILES string of the molecule is Nc1nc2c(ncn2[C@@H]2O[C@H](CO)[C@@H](O)[C@H]2OP(=O)(O)OC[C@H]2O[C@@H](n3ccc4c(Cl)ncnc43)[C@H](O)[C@@H]2O[PH](=O)O)c(=O)[nH]1. The Labute approximate surface area is 255 Å². The fourth-order valence-electron chi connectivity index (χ4n) is 5.18. The van der Waals surface area contributed by atoms with Crippen LogP contribution in [-0.2, 0) is 32.2 Å². The minimum atomic E-state index is -5.16. The first kappa shape index (κ1) is 32.1. The van der Waals surface area contributed by atoms with Gasteiger partial charge in [0.2, 0.25) is 5.95 Å². The van der Waals surface area contributed by atoms with E-state index in [4.69, 9.17) is 40.4 Å². The second-order valence-electron chi connectivity index (χ2n) is 9.88. The van der Waals surface area contributed by atoms with Gasteiger partial charge in [0, 0.05) is 6.20 Å². The highest BCUT2D eigenvalue weighted by molar-refractivity contribution is 7.47. The number of phosphoric ester groups is 1. The highest BCUT2D eigenvalue weighted by Gasteiger charge is 2.51. The van der Waals surface area contributed by atoms with Crippen molar-refractivity contribution in [2.75, 3.05) is 18.9 Å². The first-order valence-electron chi connectivity index (χ1n) is 12.9. The van der Waals surface area contributed by atoms with Gasteiger partial charge in [-0.25, -0.2) is 19.5 Å². The highest BCUT2D eigenvalue weighted by atomic mass is 35.5. The first-order valence-corrected chi connectivity index (χ1v) is 16.0. The number of nitrogens with two attached hydrogens (primary N) is 1. The van der Waals surface area contributed by atoms with Gasteiger partial charge in [0.05, 0.1) is 24.9 Å². The number of anilines is 1. The fraction of sp³-hybridized carbons (Fsp3) is 0.476. The molecule has 2 unspecified atom stereocenters. The van der Waals surface area contributed by atoms with Gasteiger partial charge in [-0.3, -0.25) is 28.0 Å². The molecule has 10 atom stereocenters. The van der Waals surface area contributed by atoms with Crippen LogP contribution in [0, 0.1) is 0 Å². The molecular formula is C21H25ClN8O13P2. The predicted molar refractivity (Wildman–Crippen MR) is 149 cm³/mol. The molecule has 0 spiro atoms. The number of nitrogens with one attached hydrogen (secondary N) is 1. The van der Waals surface area contributed by atoms with E-state index in [1.165, 1.54) is 17.1 Å². The molecule has 2 aliphatic rings. The lowest BCUT2D eigenvalue weighted by Gasteiger charge is -2.25. The van der Waals surface area contributed by atoms with Crippen LogP contribution in [0.15, 0.2) is 29.7 Å². The molecule has 4 aromatic heterocycles. The molecule has 6 heterocycles. The summed E-state index contributed by atoms with van der Waals surface area (Å²) in [5.74, 6) is -0.275. The van der Waals surface area contributed by atoms with Gasteiger partial charge in [0.1, 0.15) is 53.8 Å². The number of aromatic nitrogens is 7. The molecule has 6 rings (SSSR count). The molecule has 0 radical (unpaired) electrons. The Kier molecular flexibility index (Phi) is 8.82. The van der Waals surface area contributed by atoms with E-state index in [-0.39, 0.29) is 27.9 Å².